The lowest BCUT2D eigenvalue weighted by Gasteiger charge is -2.23. The molecule has 148 valence electrons. The lowest BCUT2D eigenvalue weighted by Crippen LogP contribution is -3.12. The number of nitrogens with zero attached hydrogens (tertiary/aromatic N) is 2. The molecular formula is C22H27FN3OS+. The molecule has 3 rings (SSSR count). The van der Waals surface area contributed by atoms with Crippen molar-refractivity contribution in [3.8, 4) is 0 Å². The lowest BCUT2D eigenvalue weighted by atomic mass is 10.1. The highest BCUT2D eigenvalue weighted by molar-refractivity contribution is 7.22. The number of amides is 1. The van der Waals surface area contributed by atoms with Gasteiger partial charge in [-0.25, -0.2) is 9.37 Å². The van der Waals surface area contributed by atoms with Gasteiger partial charge in [0.05, 0.1) is 30.9 Å². The van der Waals surface area contributed by atoms with E-state index in [4.69, 9.17) is 0 Å². The molecule has 0 spiro atoms. The third-order valence-corrected chi connectivity index (χ3v) is 6.32. The summed E-state index contributed by atoms with van der Waals surface area (Å²) in [4.78, 5) is 20.9. The molecule has 2 aromatic carbocycles. The fourth-order valence-corrected chi connectivity index (χ4v) is 4.21. The second-order valence-corrected chi connectivity index (χ2v) is 8.06. The maximum atomic E-state index is 14.1. The summed E-state index contributed by atoms with van der Waals surface area (Å²) in [6.07, 6.45) is 0. The van der Waals surface area contributed by atoms with Crippen molar-refractivity contribution in [3.05, 3.63) is 58.9 Å². The highest BCUT2D eigenvalue weighted by Gasteiger charge is 2.23. The Labute approximate surface area is 169 Å². The van der Waals surface area contributed by atoms with Gasteiger partial charge in [-0.1, -0.05) is 23.5 Å². The Kier molecular flexibility index (Phi) is 6.42. The summed E-state index contributed by atoms with van der Waals surface area (Å²) in [5.41, 5.74) is 3.20. The highest BCUT2D eigenvalue weighted by Crippen LogP contribution is 2.31. The number of aromatic nitrogens is 1. The molecule has 0 saturated heterocycles. The van der Waals surface area contributed by atoms with Crippen LogP contribution >= 0.6 is 11.3 Å². The smallest absolute Gasteiger partial charge is 0.260 e. The fourth-order valence-electron chi connectivity index (χ4n) is 3.21. The van der Waals surface area contributed by atoms with Gasteiger partial charge in [-0.2, -0.15) is 0 Å². The first kappa shape index (κ1) is 20.4. The largest absolute Gasteiger partial charge is 0.334 e. The predicted molar refractivity (Wildman–Crippen MR) is 114 cm³/mol. The number of rotatable bonds is 7. The number of carbonyl (C=O) groups is 1. The van der Waals surface area contributed by atoms with Crippen LogP contribution in [0.5, 0.6) is 0 Å². The second-order valence-electron chi connectivity index (χ2n) is 7.05. The van der Waals surface area contributed by atoms with E-state index >= 15 is 0 Å². The first-order valence-electron chi connectivity index (χ1n) is 9.72. The number of benzene rings is 2. The van der Waals surface area contributed by atoms with Crippen LogP contribution in [-0.4, -0.2) is 37.1 Å². The van der Waals surface area contributed by atoms with E-state index in [-0.39, 0.29) is 11.7 Å². The Hall–Kier alpha value is -2.31. The molecule has 0 aliphatic heterocycles. The van der Waals surface area contributed by atoms with Crippen LogP contribution in [0.1, 0.15) is 35.3 Å². The van der Waals surface area contributed by atoms with E-state index in [2.05, 4.69) is 18.8 Å². The number of para-hydroxylation sites is 1. The number of thiazole rings is 1. The second kappa shape index (κ2) is 8.80. The molecule has 4 nitrogen and oxygen atoms in total. The Morgan fingerprint density at radius 3 is 2.54 bits per heavy atom. The number of hydrogen-bond acceptors (Lipinski definition) is 3. The summed E-state index contributed by atoms with van der Waals surface area (Å²) in [5.74, 6) is -0.443. The van der Waals surface area contributed by atoms with Crippen LogP contribution < -0.4 is 9.80 Å². The van der Waals surface area contributed by atoms with Crippen molar-refractivity contribution in [2.24, 2.45) is 0 Å². The Balaban J connectivity index is 1.98. The first-order chi connectivity index (χ1) is 13.4. The SMILES string of the molecule is CC[NH+](CC)CCN(C(=O)c1ccc(C)c(C)c1)c1nc2c(F)cccc2s1. The van der Waals surface area contributed by atoms with Crippen LogP contribution in [0.4, 0.5) is 9.52 Å². The summed E-state index contributed by atoms with van der Waals surface area (Å²) in [7, 11) is 0. The monoisotopic (exact) mass is 400 g/mol. The molecule has 1 aromatic heterocycles. The average molecular weight is 401 g/mol. The molecule has 0 saturated carbocycles. The molecule has 0 bridgehead atoms. The van der Waals surface area contributed by atoms with Gasteiger partial charge < -0.3 is 4.90 Å². The van der Waals surface area contributed by atoms with Gasteiger partial charge in [0.25, 0.3) is 5.91 Å². The number of halogens is 1. The third-order valence-electron chi connectivity index (χ3n) is 5.28. The fraction of sp³-hybridized carbons (Fsp3) is 0.364. The van der Waals surface area contributed by atoms with Gasteiger partial charge in [-0.15, -0.1) is 0 Å². The molecule has 0 unspecified atom stereocenters. The van der Waals surface area contributed by atoms with Gasteiger partial charge in [0, 0.05) is 5.56 Å². The van der Waals surface area contributed by atoms with E-state index in [9.17, 15) is 9.18 Å². The van der Waals surface area contributed by atoms with Crippen molar-refractivity contribution in [3.63, 3.8) is 0 Å². The number of aryl methyl sites for hydroxylation is 2. The molecule has 3 aromatic rings. The molecule has 0 fully saturated rings. The standard InChI is InChI=1S/C22H26FN3OS/c1-5-25(6-2)12-13-26(21(27)17-11-10-15(3)16(4)14-17)22-24-20-18(23)8-7-9-19(20)28-22/h7-11,14H,5-6,12-13H2,1-4H3/p+1. The highest BCUT2D eigenvalue weighted by atomic mass is 32.1. The van der Waals surface area contributed by atoms with Gasteiger partial charge in [0.1, 0.15) is 11.3 Å². The zero-order chi connectivity index (χ0) is 20.3. The van der Waals surface area contributed by atoms with Crippen molar-refractivity contribution in [1.82, 2.24) is 4.98 Å². The number of nitrogens with one attached hydrogen (secondary N) is 1. The van der Waals surface area contributed by atoms with Crippen molar-refractivity contribution in [1.29, 1.82) is 0 Å². The zero-order valence-corrected chi connectivity index (χ0v) is 17.7. The summed E-state index contributed by atoms with van der Waals surface area (Å²) in [5, 5.41) is 0.551. The Morgan fingerprint density at radius 1 is 1.14 bits per heavy atom. The predicted octanol–water partition coefficient (Wildman–Crippen LogP) is 3.62. The van der Waals surface area contributed by atoms with Gasteiger partial charge in [0.15, 0.2) is 5.13 Å². The normalized spacial score (nSPS) is 11.4. The van der Waals surface area contributed by atoms with Crippen LogP contribution in [0, 0.1) is 19.7 Å². The van der Waals surface area contributed by atoms with Gasteiger partial charge in [-0.05, 0) is 63.1 Å². The molecule has 28 heavy (non-hydrogen) atoms. The molecule has 0 aliphatic carbocycles. The number of quaternary nitrogens is 1. The van der Waals surface area contributed by atoms with E-state index in [1.54, 1.807) is 11.0 Å². The van der Waals surface area contributed by atoms with Crippen LogP contribution in [0.2, 0.25) is 0 Å². The number of likely N-dealkylation sites (N-methyl/N-ethyl adjacent to an activating group) is 1. The third kappa shape index (κ3) is 4.23. The molecule has 0 aliphatic rings. The van der Waals surface area contributed by atoms with E-state index in [1.165, 1.54) is 22.3 Å². The molecule has 1 N–H and O–H groups in total. The van der Waals surface area contributed by atoms with Crippen molar-refractivity contribution in [2.75, 3.05) is 31.1 Å². The quantitative estimate of drug-likeness (QED) is 0.658. The summed E-state index contributed by atoms with van der Waals surface area (Å²) in [6.45, 7) is 11.7. The molecule has 0 radical (unpaired) electrons. The van der Waals surface area contributed by atoms with Gasteiger partial charge >= 0.3 is 0 Å². The van der Waals surface area contributed by atoms with Crippen LogP contribution in [-0.2, 0) is 0 Å². The van der Waals surface area contributed by atoms with Crippen molar-refractivity contribution < 1.29 is 14.1 Å². The van der Waals surface area contributed by atoms with E-state index in [0.717, 1.165) is 35.5 Å². The maximum absolute atomic E-state index is 14.1. The van der Waals surface area contributed by atoms with Crippen LogP contribution in [0.3, 0.4) is 0 Å². The first-order valence-corrected chi connectivity index (χ1v) is 10.5. The number of hydrogen-bond donors (Lipinski definition) is 1. The molecule has 0 atom stereocenters. The van der Waals surface area contributed by atoms with Crippen LogP contribution in [0.15, 0.2) is 36.4 Å². The average Bonchev–Trinajstić information content (AvgIpc) is 3.12. The van der Waals surface area contributed by atoms with E-state index in [0.29, 0.717) is 22.8 Å². The molecule has 1 amide bonds. The minimum absolute atomic E-state index is 0.0888. The Morgan fingerprint density at radius 2 is 1.89 bits per heavy atom. The minimum Gasteiger partial charge on any atom is -0.334 e. The van der Waals surface area contributed by atoms with E-state index in [1.807, 2.05) is 38.1 Å². The lowest BCUT2D eigenvalue weighted by molar-refractivity contribution is -0.894. The summed E-state index contributed by atoms with van der Waals surface area (Å²) < 4.78 is 14.9. The summed E-state index contributed by atoms with van der Waals surface area (Å²) in [6, 6.07) is 10.7. The molecule has 6 heteroatoms. The zero-order valence-electron chi connectivity index (χ0n) is 16.9. The van der Waals surface area contributed by atoms with Crippen molar-refractivity contribution >= 4 is 32.6 Å². The van der Waals surface area contributed by atoms with Crippen molar-refractivity contribution in [2.45, 2.75) is 27.7 Å². The Bertz CT molecular complexity index is 981. The minimum atomic E-state index is -0.354. The molecular weight excluding hydrogens is 373 g/mol. The van der Waals surface area contributed by atoms with E-state index < -0.39 is 0 Å². The van der Waals surface area contributed by atoms with Gasteiger partial charge in [0.2, 0.25) is 0 Å². The summed E-state index contributed by atoms with van der Waals surface area (Å²) >= 11 is 1.36. The topological polar surface area (TPSA) is 37.6 Å². The number of carbonyl (C=O) groups excluding carboxylic acids is 1. The maximum Gasteiger partial charge on any atom is 0.260 e. The van der Waals surface area contributed by atoms with Crippen LogP contribution in [0.25, 0.3) is 10.2 Å². The number of anilines is 1. The molecule has 1 heterocycles. The number of fused-ring (bicyclic) bond motifs is 1. The van der Waals surface area contributed by atoms with Gasteiger partial charge in [-0.3, -0.25) is 9.69 Å².